The van der Waals surface area contributed by atoms with Gasteiger partial charge in [0.05, 0.1) is 7.11 Å². The van der Waals surface area contributed by atoms with E-state index < -0.39 is 16.4 Å². The van der Waals surface area contributed by atoms with Gasteiger partial charge in [-0.1, -0.05) is 52.8 Å². The van der Waals surface area contributed by atoms with Crippen molar-refractivity contribution in [3.63, 3.8) is 0 Å². The second-order valence-electron chi connectivity index (χ2n) is 5.60. The Bertz CT molecular complexity index is 625. The number of hydrogen-bond acceptors (Lipinski definition) is 6. The molecule has 1 amide bonds. The van der Waals surface area contributed by atoms with E-state index in [0.717, 1.165) is 19.1 Å². The average Bonchev–Trinajstić information content (AvgIpc) is 2.62. The zero-order valence-electron chi connectivity index (χ0n) is 16.6. The quantitative estimate of drug-likeness (QED) is 0.733. The van der Waals surface area contributed by atoms with E-state index in [4.69, 9.17) is 4.18 Å². The molecule has 26 heavy (non-hydrogen) atoms. The Morgan fingerprint density at radius 3 is 2.08 bits per heavy atom. The third-order valence-electron chi connectivity index (χ3n) is 4.00. The van der Waals surface area contributed by atoms with Gasteiger partial charge in [-0.3, -0.25) is 0 Å². The molecule has 1 aromatic rings. The summed E-state index contributed by atoms with van der Waals surface area (Å²) in [6.45, 7) is 14.1. The molecule has 0 aliphatic carbocycles. The van der Waals surface area contributed by atoms with Crippen molar-refractivity contribution in [3.05, 3.63) is 29.8 Å². The van der Waals surface area contributed by atoms with Crippen molar-refractivity contribution in [2.24, 2.45) is 0 Å². The molecule has 1 unspecified atom stereocenters. The van der Waals surface area contributed by atoms with Crippen LogP contribution in [0.15, 0.2) is 24.3 Å². The highest BCUT2D eigenvalue weighted by Gasteiger charge is 2.20. The number of ether oxygens (including phenoxy) is 1. The number of carbonyl (C=O) groups excluding carboxylic acids is 1. The summed E-state index contributed by atoms with van der Waals surface area (Å²) in [6, 6.07) is 6.79. The van der Waals surface area contributed by atoms with Gasteiger partial charge < -0.3 is 13.8 Å². The molecule has 0 aliphatic heterocycles. The van der Waals surface area contributed by atoms with Gasteiger partial charge in [-0.15, -0.1) is 0 Å². The number of benzene rings is 1. The number of methoxy groups -OCH3 is 1. The maximum absolute atomic E-state index is 11.6. The number of amides is 1. The molecule has 0 saturated carbocycles. The van der Waals surface area contributed by atoms with Gasteiger partial charge in [0.25, 0.3) is 0 Å². The highest BCUT2D eigenvalue weighted by atomic mass is 32.2. The normalized spacial score (nSPS) is 12.0. The van der Waals surface area contributed by atoms with Crippen LogP contribution in [0.1, 0.15) is 52.5 Å². The van der Waals surface area contributed by atoms with Crippen molar-refractivity contribution in [2.75, 3.05) is 26.7 Å². The fourth-order valence-electron chi connectivity index (χ4n) is 2.14. The Kier molecular flexibility index (Phi) is 11.7. The maximum atomic E-state index is 11.6. The lowest BCUT2D eigenvalue weighted by atomic mass is 9.98. The Labute approximate surface area is 157 Å². The van der Waals surface area contributed by atoms with Crippen LogP contribution in [0.5, 0.6) is 5.75 Å². The Balaban J connectivity index is 0.000000758. The third-order valence-corrected chi connectivity index (χ3v) is 4.81. The molecule has 150 valence electrons. The lowest BCUT2D eigenvalue weighted by molar-refractivity contribution is 0.177. The number of hydrogen-bond donors (Lipinski definition) is 1. The minimum Gasteiger partial charge on any atom is -0.452 e. The van der Waals surface area contributed by atoms with Gasteiger partial charge in [0, 0.05) is 0 Å². The number of carbonyl (C=O) groups is 1. The molecule has 0 aromatic heterocycles. The van der Waals surface area contributed by atoms with Gasteiger partial charge in [-0.05, 0) is 43.6 Å². The van der Waals surface area contributed by atoms with E-state index in [1.54, 1.807) is 22.9 Å². The summed E-state index contributed by atoms with van der Waals surface area (Å²) in [5.74, 6) is 0.345. The van der Waals surface area contributed by atoms with Crippen LogP contribution in [0.3, 0.4) is 0 Å². The first-order valence-corrected chi connectivity index (χ1v) is 10.3. The molecule has 0 spiro atoms. The monoisotopic (exact) mass is 388 g/mol. The molecule has 8 heteroatoms. The van der Waals surface area contributed by atoms with Crippen LogP contribution in [-0.4, -0.2) is 46.2 Å². The summed E-state index contributed by atoms with van der Waals surface area (Å²) in [7, 11) is -3.17. The first-order valence-electron chi connectivity index (χ1n) is 8.85. The minimum atomic E-state index is -4.23. The highest BCUT2D eigenvalue weighted by molar-refractivity contribution is 7.85. The molecule has 1 aromatic carbocycles. The van der Waals surface area contributed by atoms with Crippen molar-refractivity contribution in [3.8, 4) is 5.75 Å². The first-order chi connectivity index (χ1) is 12.2. The second-order valence-corrected chi connectivity index (χ2v) is 6.88. The summed E-state index contributed by atoms with van der Waals surface area (Å²) < 4.78 is 33.9. The third kappa shape index (κ3) is 9.05. The molecular formula is C18H32N2O5S. The van der Waals surface area contributed by atoms with Crippen molar-refractivity contribution >= 4 is 16.4 Å². The molecular weight excluding hydrogens is 356 g/mol. The number of nitrogens with zero attached hydrogens (tertiary/aromatic N) is 1. The van der Waals surface area contributed by atoms with Crippen molar-refractivity contribution < 1.29 is 22.1 Å². The fraction of sp³-hybridized carbons (Fsp3) is 0.611. The summed E-state index contributed by atoms with van der Waals surface area (Å²) in [4.78, 5) is 13.3. The van der Waals surface area contributed by atoms with Crippen molar-refractivity contribution in [2.45, 2.75) is 47.0 Å². The maximum Gasteiger partial charge on any atom is 0.423 e. The molecule has 0 heterocycles. The summed E-state index contributed by atoms with van der Waals surface area (Å²) in [5.41, 5.74) is 0.764. The SMILES string of the molecule is CCC(C)c1ccccc1OS(=O)(=O)NC(=O)OC.CCN(CC)CC. The fourth-order valence-corrected chi connectivity index (χ4v) is 2.85. The number of para-hydroxylation sites is 1. The van der Waals surface area contributed by atoms with Crippen LogP contribution < -0.4 is 8.91 Å². The van der Waals surface area contributed by atoms with Gasteiger partial charge in [0.15, 0.2) is 0 Å². The van der Waals surface area contributed by atoms with Gasteiger partial charge >= 0.3 is 16.4 Å². The van der Waals surface area contributed by atoms with E-state index >= 15 is 0 Å². The van der Waals surface area contributed by atoms with Crippen LogP contribution in [0.4, 0.5) is 4.79 Å². The predicted molar refractivity (Wildman–Crippen MR) is 104 cm³/mol. The average molecular weight is 389 g/mol. The Hall–Kier alpha value is -1.80. The number of nitrogens with one attached hydrogen (secondary N) is 1. The molecule has 0 fully saturated rings. The zero-order valence-corrected chi connectivity index (χ0v) is 17.4. The van der Waals surface area contributed by atoms with E-state index in [0.29, 0.717) is 0 Å². The number of rotatable bonds is 8. The predicted octanol–water partition coefficient (Wildman–Crippen LogP) is 3.53. The highest BCUT2D eigenvalue weighted by Crippen LogP contribution is 2.29. The van der Waals surface area contributed by atoms with Crippen molar-refractivity contribution in [1.29, 1.82) is 0 Å². The van der Waals surface area contributed by atoms with Crippen molar-refractivity contribution in [1.82, 2.24) is 9.62 Å². The van der Waals surface area contributed by atoms with Gasteiger partial charge in [-0.25, -0.2) is 4.79 Å². The molecule has 0 aliphatic rings. The van der Waals surface area contributed by atoms with Crippen LogP contribution in [0.25, 0.3) is 0 Å². The van der Waals surface area contributed by atoms with Crippen LogP contribution in [-0.2, 0) is 15.0 Å². The Morgan fingerprint density at radius 2 is 1.65 bits per heavy atom. The second kappa shape index (κ2) is 12.5. The van der Waals surface area contributed by atoms with Crippen LogP contribution in [0, 0.1) is 0 Å². The summed E-state index contributed by atoms with van der Waals surface area (Å²) >= 11 is 0. The summed E-state index contributed by atoms with van der Waals surface area (Å²) in [5, 5.41) is 0. The van der Waals surface area contributed by atoms with Gasteiger partial charge in [0.1, 0.15) is 5.75 Å². The summed E-state index contributed by atoms with van der Waals surface area (Å²) in [6.07, 6.45) is -0.258. The van der Waals surface area contributed by atoms with Gasteiger partial charge in [-0.2, -0.15) is 13.1 Å². The van der Waals surface area contributed by atoms with E-state index in [1.165, 1.54) is 25.7 Å². The largest absolute Gasteiger partial charge is 0.452 e. The molecule has 1 atom stereocenters. The van der Waals surface area contributed by atoms with Crippen LogP contribution >= 0.6 is 0 Å². The lowest BCUT2D eigenvalue weighted by Crippen LogP contribution is -2.34. The molecule has 1 rings (SSSR count). The first kappa shape index (κ1) is 24.2. The molecule has 0 saturated heterocycles. The smallest absolute Gasteiger partial charge is 0.423 e. The molecule has 0 bridgehead atoms. The van der Waals surface area contributed by atoms with E-state index in [2.05, 4.69) is 30.4 Å². The standard InChI is InChI=1S/C12H17NO5S.C6H15N/c1-4-9(2)10-7-5-6-8-11(10)18-19(15,16)13-12(14)17-3;1-4-7(5-2)6-3/h5-9H,4H2,1-3H3,(H,13,14);4-6H2,1-3H3. The van der Waals surface area contributed by atoms with Crippen LogP contribution in [0.2, 0.25) is 0 Å². The molecule has 1 N–H and O–H groups in total. The van der Waals surface area contributed by atoms with E-state index in [9.17, 15) is 13.2 Å². The minimum absolute atomic E-state index is 0.143. The van der Waals surface area contributed by atoms with E-state index in [1.807, 2.05) is 13.8 Å². The topological polar surface area (TPSA) is 84.9 Å². The lowest BCUT2D eigenvalue weighted by Gasteiger charge is -2.15. The van der Waals surface area contributed by atoms with Gasteiger partial charge in [0.2, 0.25) is 0 Å². The molecule has 7 nitrogen and oxygen atoms in total. The molecule has 0 radical (unpaired) electrons. The Morgan fingerprint density at radius 1 is 1.12 bits per heavy atom. The zero-order chi connectivity index (χ0) is 20.2. The van der Waals surface area contributed by atoms with E-state index in [-0.39, 0.29) is 11.7 Å².